The van der Waals surface area contributed by atoms with Crippen LogP contribution in [-0.4, -0.2) is 22.0 Å². The Hall–Kier alpha value is -2.10. The Morgan fingerprint density at radius 3 is 2.76 bits per heavy atom. The summed E-state index contributed by atoms with van der Waals surface area (Å²) in [5, 5.41) is 3.01. The summed E-state index contributed by atoms with van der Waals surface area (Å²) in [6.07, 6.45) is 6.12. The second kappa shape index (κ2) is 6.12. The number of nitrogens with zero attached hydrogens (tertiary/aromatic N) is 2. The van der Waals surface area contributed by atoms with Crippen molar-refractivity contribution in [3.63, 3.8) is 0 Å². The second-order valence-electron chi connectivity index (χ2n) is 5.65. The van der Waals surface area contributed by atoms with Crippen molar-refractivity contribution in [2.75, 3.05) is 6.54 Å². The van der Waals surface area contributed by atoms with Crippen LogP contribution in [0.4, 0.5) is 0 Å². The lowest BCUT2D eigenvalue weighted by atomic mass is 9.85. The molecule has 4 heteroatoms. The molecule has 1 heterocycles. The van der Waals surface area contributed by atoms with Crippen LogP contribution >= 0.6 is 0 Å². The monoisotopic (exact) mass is 283 g/mol. The van der Waals surface area contributed by atoms with Gasteiger partial charge in [-0.2, -0.15) is 0 Å². The average Bonchev–Trinajstić information content (AvgIpc) is 2.79. The average molecular weight is 283 g/mol. The molecule has 1 aromatic carbocycles. The molecule has 0 radical (unpaired) electrons. The maximum absolute atomic E-state index is 11.8. The quantitative estimate of drug-likeness (QED) is 0.917. The minimum absolute atomic E-state index is 0.209. The van der Waals surface area contributed by atoms with Gasteiger partial charge in [0.25, 0.3) is 0 Å². The lowest BCUT2D eigenvalue weighted by Crippen LogP contribution is -2.35. The minimum Gasteiger partial charge on any atom is -0.355 e. The third-order valence-electron chi connectivity index (χ3n) is 4.12. The Kier molecular flexibility index (Phi) is 4.04. The smallest absolute Gasteiger partial charge is 0.223 e. The Morgan fingerprint density at radius 1 is 1.33 bits per heavy atom. The number of hydrogen-bond donors (Lipinski definition) is 1. The Balaban J connectivity index is 1.58. The third-order valence-corrected chi connectivity index (χ3v) is 4.12. The molecule has 1 aromatic heterocycles. The molecule has 0 aliphatic heterocycles. The van der Waals surface area contributed by atoms with Gasteiger partial charge in [-0.3, -0.25) is 4.79 Å². The molecule has 2 aromatic rings. The van der Waals surface area contributed by atoms with E-state index in [1.807, 2.05) is 25.1 Å². The van der Waals surface area contributed by atoms with Crippen LogP contribution in [0.2, 0.25) is 0 Å². The molecule has 0 atom stereocenters. The van der Waals surface area contributed by atoms with Crippen molar-refractivity contribution in [2.24, 2.45) is 5.92 Å². The van der Waals surface area contributed by atoms with E-state index in [1.165, 1.54) is 6.42 Å². The topological polar surface area (TPSA) is 46.9 Å². The van der Waals surface area contributed by atoms with Gasteiger partial charge < -0.3 is 9.88 Å². The first-order valence-corrected chi connectivity index (χ1v) is 7.62. The predicted molar refractivity (Wildman–Crippen MR) is 82.4 cm³/mol. The summed E-state index contributed by atoms with van der Waals surface area (Å²) in [6, 6.07) is 10.2. The molecule has 1 amide bonds. The SMILES string of the molecule is Cc1nc(CCNC(=O)C2CCC2)cn1-c1ccccc1. The second-order valence-corrected chi connectivity index (χ2v) is 5.65. The summed E-state index contributed by atoms with van der Waals surface area (Å²) in [5.74, 6) is 1.44. The van der Waals surface area contributed by atoms with Gasteiger partial charge in [0.1, 0.15) is 5.82 Å². The van der Waals surface area contributed by atoms with Gasteiger partial charge in [-0.25, -0.2) is 4.98 Å². The Labute approximate surface area is 125 Å². The van der Waals surface area contributed by atoms with E-state index in [0.29, 0.717) is 6.54 Å². The number of para-hydroxylation sites is 1. The number of hydrogen-bond acceptors (Lipinski definition) is 2. The fourth-order valence-electron chi connectivity index (χ4n) is 2.63. The van der Waals surface area contributed by atoms with Gasteiger partial charge in [0.2, 0.25) is 5.91 Å². The molecule has 0 spiro atoms. The highest BCUT2D eigenvalue weighted by Gasteiger charge is 2.24. The molecule has 3 rings (SSSR count). The van der Waals surface area contributed by atoms with Crippen molar-refractivity contribution >= 4 is 5.91 Å². The number of nitrogens with one attached hydrogen (secondary N) is 1. The maximum Gasteiger partial charge on any atom is 0.223 e. The molecule has 21 heavy (non-hydrogen) atoms. The summed E-state index contributed by atoms with van der Waals surface area (Å²) in [7, 11) is 0. The highest BCUT2D eigenvalue weighted by atomic mass is 16.1. The van der Waals surface area contributed by atoms with Gasteiger partial charge in [0.05, 0.1) is 5.69 Å². The largest absolute Gasteiger partial charge is 0.355 e. The van der Waals surface area contributed by atoms with Crippen LogP contribution in [0, 0.1) is 12.8 Å². The van der Waals surface area contributed by atoms with E-state index < -0.39 is 0 Å². The van der Waals surface area contributed by atoms with Crippen molar-refractivity contribution in [2.45, 2.75) is 32.6 Å². The highest BCUT2D eigenvalue weighted by molar-refractivity contribution is 5.79. The molecule has 1 fully saturated rings. The standard InChI is InChI=1S/C17H21N3O/c1-13-19-15(10-11-18-17(21)14-6-5-7-14)12-20(13)16-8-3-2-4-9-16/h2-4,8-9,12,14H,5-7,10-11H2,1H3,(H,18,21). The van der Waals surface area contributed by atoms with Crippen LogP contribution in [-0.2, 0) is 11.2 Å². The van der Waals surface area contributed by atoms with Gasteiger partial charge in [0.15, 0.2) is 0 Å². The first-order chi connectivity index (χ1) is 10.2. The van der Waals surface area contributed by atoms with Crippen molar-refractivity contribution in [1.82, 2.24) is 14.9 Å². The third kappa shape index (κ3) is 3.15. The fourth-order valence-corrected chi connectivity index (χ4v) is 2.63. The van der Waals surface area contributed by atoms with Crippen molar-refractivity contribution in [1.29, 1.82) is 0 Å². The van der Waals surface area contributed by atoms with Gasteiger partial charge in [-0.15, -0.1) is 0 Å². The number of rotatable bonds is 5. The van der Waals surface area contributed by atoms with E-state index in [2.05, 4.69) is 33.2 Å². The van der Waals surface area contributed by atoms with E-state index in [-0.39, 0.29) is 11.8 Å². The molecule has 1 saturated carbocycles. The first kappa shape index (κ1) is 13.9. The minimum atomic E-state index is 0.209. The van der Waals surface area contributed by atoms with Crippen LogP contribution in [0.25, 0.3) is 5.69 Å². The van der Waals surface area contributed by atoms with Crippen molar-refractivity contribution in [3.8, 4) is 5.69 Å². The Bertz CT molecular complexity index is 614. The van der Waals surface area contributed by atoms with E-state index in [0.717, 1.165) is 36.5 Å². The van der Waals surface area contributed by atoms with Crippen LogP contribution < -0.4 is 5.32 Å². The molecular weight excluding hydrogens is 262 g/mol. The predicted octanol–water partition coefficient (Wildman–Crippen LogP) is 2.64. The summed E-state index contributed by atoms with van der Waals surface area (Å²) < 4.78 is 2.09. The number of aromatic nitrogens is 2. The van der Waals surface area contributed by atoms with Gasteiger partial charge in [-0.1, -0.05) is 24.6 Å². The number of carbonyl (C=O) groups excluding carboxylic acids is 1. The zero-order valence-corrected chi connectivity index (χ0v) is 12.4. The van der Waals surface area contributed by atoms with Crippen LogP contribution in [0.1, 0.15) is 30.8 Å². The lowest BCUT2D eigenvalue weighted by Gasteiger charge is -2.23. The van der Waals surface area contributed by atoms with E-state index in [9.17, 15) is 4.79 Å². The number of benzene rings is 1. The lowest BCUT2D eigenvalue weighted by molar-refractivity contribution is -0.127. The summed E-state index contributed by atoms with van der Waals surface area (Å²) in [6.45, 7) is 2.67. The molecule has 1 aliphatic carbocycles. The maximum atomic E-state index is 11.8. The van der Waals surface area contributed by atoms with E-state index >= 15 is 0 Å². The molecule has 110 valence electrons. The summed E-state index contributed by atoms with van der Waals surface area (Å²) in [5.41, 5.74) is 2.14. The Morgan fingerprint density at radius 2 is 2.10 bits per heavy atom. The van der Waals surface area contributed by atoms with Crippen LogP contribution in [0.3, 0.4) is 0 Å². The van der Waals surface area contributed by atoms with Crippen LogP contribution in [0.5, 0.6) is 0 Å². The van der Waals surface area contributed by atoms with Crippen molar-refractivity contribution in [3.05, 3.63) is 48.0 Å². The molecule has 4 nitrogen and oxygen atoms in total. The molecule has 0 bridgehead atoms. The molecule has 0 saturated heterocycles. The zero-order valence-electron chi connectivity index (χ0n) is 12.4. The normalized spacial score (nSPS) is 14.7. The van der Waals surface area contributed by atoms with Gasteiger partial charge in [0, 0.05) is 30.8 Å². The number of carbonyl (C=O) groups is 1. The molecule has 1 aliphatic rings. The number of aryl methyl sites for hydroxylation is 1. The first-order valence-electron chi connectivity index (χ1n) is 7.62. The highest BCUT2D eigenvalue weighted by Crippen LogP contribution is 2.26. The van der Waals surface area contributed by atoms with Crippen molar-refractivity contribution < 1.29 is 4.79 Å². The molecular formula is C17H21N3O. The molecule has 1 N–H and O–H groups in total. The number of imidazole rings is 1. The summed E-state index contributed by atoms with van der Waals surface area (Å²) >= 11 is 0. The number of amides is 1. The van der Waals surface area contributed by atoms with Gasteiger partial charge >= 0.3 is 0 Å². The summed E-state index contributed by atoms with van der Waals surface area (Å²) in [4.78, 5) is 16.3. The van der Waals surface area contributed by atoms with Gasteiger partial charge in [-0.05, 0) is 31.9 Å². The zero-order chi connectivity index (χ0) is 14.7. The fraction of sp³-hybridized carbons (Fsp3) is 0.412. The van der Waals surface area contributed by atoms with E-state index in [1.54, 1.807) is 0 Å². The van der Waals surface area contributed by atoms with Crippen LogP contribution in [0.15, 0.2) is 36.5 Å². The van der Waals surface area contributed by atoms with E-state index in [4.69, 9.17) is 0 Å². The molecule has 0 unspecified atom stereocenters.